The molecule has 1 fully saturated rings. The van der Waals surface area contributed by atoms with Crippen LogP contribution in [-0.2, 0) is 17.7 Å². The van der Waals surface area contributed by atoms with Gasteiger partial charge in [0.25, 0.3) is 0 Å². The summed E-state index contributed by atoms with van der Waals surface area (Å²) in [6, 6.07) is 4.54. The summed E-state index contributed by atoms with van der Waals surface area (Å²) in [5.41, 5.74) is 5.34. The predicted octanol–water partition coefficient (Wildman–Crippen LogP) is 4.21. The van der Waals surface area contributed by atoms with Crippen LogP contribution in [0.3, 0.4) is 0 Å². The normalized spacial score (nSPS) is 16.8. The number of thiazole rings is 1. The maximum atomic E-state index is 5.10. The summed E-state index contributed by atoms with van der Waals surface area (Å²) in [6.07, 6.45) is 6.90. The molecule has 0 aliphatic carbocycles. The van der Waals surface area contributed by atoms with Gasteiger partial charge in [-0.05, 0) is 45.4 Å². The number of anilines is 2. The first kappa shape index (κ1) is 20.8. The molecule has 0 amide bonds. The lowest BCUT2D eigenvalue weighted by Crippen LogP contribution is -2.24. The lowest BCUT2D eigenvalue weighted by Gasteiger charge is -2.24. The van der Waals surface area contributed by atoms with Crippen molar-refractivity contribution >= 4 is 22.2 Å². The maximum absolute atomic E-state index is 5.10. The number of hydrogen-bond acceptors (Lipinski definition) is 8. The van der Waals surface area contributed by atoms with E-state index >= 15 is 0 Å². The van der Waals surface area contributed by atoms with Crippen LogP contribution in [0.5, 0.6) is 0 Å². The van der Waals surface area contributed by atoms with Gasteiger partial charge in [0.2, 0.25) is 0 Å². The number of hydrogen-bond donors (Lipinski definition) is 1. The Kier molecular flexibility index (Phi) is 6.66. The van der Waals surface area contributed by atoms with Crippen LogP contribution in [0.2, 0.25) is 0 Å². The summed E-state index contributed by atoms with van der Waals surface area (Å²) >= 11 is 1.62. The van der Waals surface area contributed by atoms with Gasteiger partial charge >= 0.3 is 0 Å². The van der Waals surface area contributed by atoms with Gasteiger partial charge in [-0.2, -0.15) is 0 Å². The molecule has 0 aromatic carbocycles. The second kappa shape index (κ2) is 9.59. The first-order chi connectivity index (χ1) is 14.6. The van der Waals surface area contributed by atoms with Crippen LogP contribution < -0.4 is 5.32 Å². The maximum Gasteiger partial charge on any atom is 0.187 e. The Morgan fingerprint density at radius 2 is 2.00 bits per heavy atom. The van der Waals surface area contributed by atoms with Crippen molar-refractivity contribution in [2.45, 2.75) is 45.7 Å². The Bertz CT molecular complexity index is 974. The van der Waals surface area contributed by atoms with E-state index in [0.717, 1.165) is 65.2 Å². The van der Waals surface area contributed by atoms with E-state index in [1.807, 2.05) is 26.2 Å². The smallest absolute Gasteiger partial charge is 0.187 e. The van der Waals surface area contributed by atoms with E-state index in [1.54, 1.807) is 18.4 Å². The van der Waals surface area contributed by atoms with Crippen LogP contribution in [-0.4, -0.2) is 45.1 Å². The molecule has 4 heterocycles. The molecular weight excluding hydrogens is 396 g/mol. The Labute approximate surface area is 181 Å². The molecule has 30 heavy (non-hydrogen) atoms. The molecule has 158 valence electrons. The lowest BCUT2D eigenvalue weighted by atomic mass is 10.1. The average Bonchev–Trinajstić information content (AvgIpc) is 3.36. The number of ether oxygens (including phenoxy) is 1. The fraction of sp³-hybridized carbons (Fsp3) is 0.455. The Morgan fingerprint density at radius 1 is 1.17 bits per heavy atom. The van der Waals surface area contributed by atoms with Crippen LogP contribution >= 0.6 is 11.3 Å². The van der Waals surface area contributed by atoms with Crippen LogP contribution in [0.15, 0.2) is 29.9 Å². The largest absolute Gasteiger partial charge is 0.384 e. The first-order valence-corrected chi connectivity index (χ1v) is 11.2. The van der Waals surface area contributed by atoms with Crippen molar-refractivity contribution in [1.29, 1.82) is 0 Å². The lowest BCUT2D eigenvalue weighted by molar-refractivity contribution is 0.200. The van der Waals surface area contributed by atoms with Crippen molar-refractivity contribution in [1.82, 2.24) is 24.8 Å². The molecule has 0 radical (unpaired) electrons. The molecule has 1 aliphatic heterocycles. The molecule has 4 rings (SSSR count). The molecule has 1 saturated heterocycles. The number of pyridine rings is 1. The summed E-state index contributed by atoms with van der Waals surface area (Å²) < 4.78 is 5.10. The highest BCUT2D eigenvalue weighted by Gasteiger charge is 2.27. The molecule has 0 bridgehead atoms. The summed E-state index contributed by atoms with van der Waals surface area (Å²) in [5.74, 6) is 0.826. The molecular formula is C22H28N6OS. The van der Waals surface area contributed by atoms with E-state index in [0.29, 0.717) is 12.6 Å². The highest BCUT2D eigenvalue weighted by molar-refractivity contribution is 7.13. The monoisotopic (exact) mass is 424 g/mol. The fourth-order valence-electron chi connectivity index (χ4n) is 3.84. The Morgan fingerprint density at radius 3 is 2.73 bits per heavy atom. The van der Waals surface area contributed by atoms with Crippen molar-refractivity contribution < 1.29 is 4.74 Å². The molecule has 1 aliphatic rings. The Hall–Kier alpha value is -2.42. The highest BCUT2D eigenvalue weighted by atomic mass is 32.1. The SMILES string of the molecule is COCCc1ncc(CN2CCC[C@@H]2c2cc(Nc3nc(C)cs3)cc(C)n2)cn1. The molecule has 3 aromatic heterocycles. The quantitative estimate of drug-likeness (QED) is 0.580. The van der Waals surface area contributed by atoms with Crippen LogP contribution in [0.4, 0.5) is 10.8 Å². The zero-order valence-electron chi connectivity index (χ0n) is 17.8. The number of likely N-dealkylation sites (tertiary alicyclic amines) is 1. The van der Waals surface area contributed by atoms with Crippen molar-refractivity contribution in [2.75, 3.05) is 25.6 Å². The van der Waals surface area contributed by atoms with E-state index in [1.165, 1.54) is 6.42 Å². The summed E-state index contributed by atoms with van der Waals surface area (Å²) in [6.45, 7) is 6.59. The van der Waals surface area contributed by atoms with Gasteiger partial charge in [0.15, 0.2) is 5.13 Å². The van der Waals surface area contributed by atoms with Gasteiger partial charge in [-0.3, -0.25) is 9.88 Å². The molecule has 0 saturated carbocycles. The van der Waals surface area contributed by atoms with Gasteiger partial charge in [0.05, 0.1) is 24.0 Å². The number of rotatable bonds is 8. The minimum absolute atomic E-state index is 0.302. The van der Waals surface area contributed by atoms with Crippen LogP contribution in [0.1, 0.15) is 47.4 Å². The summed E-state index contributed by atoms with van der Waals surface area (Å²) in [4.78, 5) is 20.8. The third-order valence-corrected chi connectivity index (χ3v) is 6.10. The van der Waals surface area contributed by atoms with E-state index in [2.05, 4.69) is 42.7 Å². The minimum Gasteiger partial charge on any atom is -0.384 e. The van der Waals surface area contributed by atoms with Gasteiger partial charge < -0.3 is 10.1 Å². The van der Waals surface area contributed by atoms with E-state index in [4.69, 9.17) is 9.72 Å². The standard InChI is InChI=1S/C22H28N6OS/c1-15-9-18(27-22-26-16(2)14-30-22)10-19(25-15)20-5-4-7-28(20)13-17-11-23-21(24-12-17)6-8-29-3/h9-12,14,20H,4-8,13H2,1-3H3,(H,25,26,27)/t20-/m1/s1. The predicted molar refractivity (Wildman–Crippen MR) is 119 cm³/mol. The molecule has 8 heteroatoms. The van der Waals surface area contributed by atoms with Crippen molar-refractivity contribution in [3.05, 3.63) is 58.4 Å². The molecule has 0 spiro atoms. The van der Waals surface area contributed by atoms with Gasteiger partial charge in [-0.25, -0.2) is 15.0 Å². The molecule has 3 aromatic rings. The number of methoxy groups -OCH3 is 1. The van der Waals surface area contributed by atoms with E-state index < -0.39 is 0 Å². The second-order valence-electron chi connectivity index (χ2n) is 7.72. The van der Waals surface area contributed by atoms with E-state index in [9.17, 15) is 0 Å². The Balaban J connectivity index is 1.47. The van der Waals surface area contributed by atoms with Gasteiger partial charge in [-0.15, -0.1) is 11.3 Å². The second-order valence-corrected chi connectivity index (χ2v) is 8.58. The highest BCUT2D eigenvalue weighted by Crippen LogP contribution is 2.34. The molecule has 0 unspecified atom stereocenters. The molecule has 1 atom stereocenters. The fourth-order valence-corrected chi connectivity index (χ4v) is 4.55. The summed E-state index contributed by atoms with van der Waals surface area (Å²) in [7, 11) is 1.69. The molecule has 1 N–H and O–H groups in total. The number of nitrogens with one attached hydrogen (secondary N) is 1. The number of nitrogens with zero attached hydrogens (tertiary/aromatic N) is 5. The van der Waals surface area contributed by atoms with Crippen molar-refractivity contribution in [3.8, 4) is 0 Å². The number of aromatic nitrogens is 4. The van der Waals surface area contributed by atoms with Gasteiger partial charge in [0, 0.05) is 54.8 Å². The number of aryl methyl sites for hydroxylation is 2. The van der Waals surface area contributed by atoms with Gasteiger partial charge in [0.1, 0.15) is 5.82 Å². The van der Waals surface area contributed by atoms with Crippen molar-refractivity contribution in [2.24, 2.45) is 0 Å². The van der Waals surface area contributed by atoms with Gasteiger partial charge in [-0.1, -0.05) is 0 Å². The van der Waals surface area contributed by atoms with E-state index in [-0.39, 0.29) is 0 Å². The average molecular weight is 425 g/mol. The third kappa shape index (κ3) is 5.19. The summed E-state index contributed by atoms with van der Waals surface area (Å²) in [5, 5.41) is 6.40. The minimum atomic E-state index is 0.302. The zero-order chi connectivity index (χ0) is 20.9. The first-order valence-electron chi connectivity index (χ1n) is 10.3. The van der Waals surface area contributed by atoms with Crippen molar-refractivity contribution in [3.63, 3.8) is 0 Å². The van der Waals surface area contributed by atoms with Crippen LogP contribution in [0, 0.1) is 13.8 Å². The third-order valence-electron chi connectivity index (χ3n) is 5.22. The topological polar surface area (TPSA) is 76.1 Å². The van der Waals surface area contributed by atoms with Crippen LogP contribution in [0.25, 0.3) is 0 Å². The molecule has 7 nitrogen and oxygen atoms in total. The zero-order valence-corrected chi connectivity index (χ0v) is 18.6.